The van der Waals surface area contributed by atoms with Crippen LogP contribution in [0, 0.1) is 0 Å². The van der Waals surface area contributed by atoms with E-state index in [0.29, 0.717) is 5.56 Å². The highest BCUT2D eigenvalue weighted by molar-refractivity contribution is 7.08. The van der Waals surface area contributed by atoms with Gasteiger partial charge in [-0.1, -0.05) is 18.2 Å². The number of hydrogen-bond acceptors (Lipinski definition) is 3. The van der Waals surface area contributed by atoms with Crippen LogP contribution in [0.2, 0.25) is 0 Å². The van der Waals surface area contributed by atoms with E-state index < -0.39 is 5.97 Å². The average Bonchev–Trinajstić information content (AvgIpc) is 2.81. The highest BCUT2D eigenvalue weighted by Crippen LogP contribution is 2.24. The monoisotopic (exact) mass is 269 g/mol. The van der Waals surface area contributed by atoms with Crippen molar-refractivity contribution in [2.24, 2.45) is 5.73 Å². The number of thiophene rings is 1. The topological polar surface area (TPSA) is 63.3 Å². The Labute approximate surface area is 109 Å². The van der Waals surface area contributed by atoms with Crippen LogP contribution in [0.3, 0.4) is 0 Å². The maximum atomic E-state index is 11.0. The Balaban J connectivity index is 0.00000144. The molecular formula is C12H12ClNO2S. The third-order valence-corrected chi connectivity index (χ3v) is 3.13. The van der Waals surface area contributed by atoms with Gasteiger partial charge in [0.15, 0.2) is 0 Å². The van der Waals surface area contributed by atoms with E-state index in [1.165, 1.54) is 0 Å². The number of carboxylic acids is 1. The predicted molar refractivity (Wildman–Crippen MR) is 71.0 cm³/mol. The summed E-state index contributed by atoms with van der Waals surface area (Å²) in [5.74, 6) is -0.943. The first-order chi connectivity index (χ1) is 7.70. The fourth-order valence-corrected chi connectivity index (χ4v) is 2.29. The molecule has 5 heteroatoms. The summed E-state index contributed by atoms with van der Waals surface area (Å²) < 4.78 is 0. The zero-order chi connectivity index (χ0) is 11.5. The van der Waals surface area contributed by atoms with Crippen molar-refractivity contribution >= 4 is 29.7 Å². The van der Waals surface area contributed by atoms with Gasteiger partial charge >= 0.3 is 5.97 Å². The third kappa shape index (κ3) is 2.85. The molecule has 0 bridgehead atoms. The van der Waals surface area contributed by atoms with Crippen LogP contribution in [0.4, 0.5) is 0 Å². The molecule has 1 aromatic heterocycles. The molecule has 0 radical (unpaired) electrons. The minimum atomic E-state index is -0.943. The van der Waals surface area contributed by atoms with Gasteiger partial charge in [-0.3, -0.25) is 0 Å². The second-order valence-corrected chi connectivity index (χ2v) is 4.21. The average molecular weight is 270 g/mol. The van der Waals surface area contributed by atoms with Crippen LogP contribution >= 0.6 is 23.7 Å². The van der Waals surface area contributed by atoms with E-state index in [9.17, 15) is 4.79 Å². The Hall–Kier alpha value is -1.36. The molecule has 1 atom stereocenters. The van der Waals surface area contributed by atoms with Crippen LogP contribution in [0.5, 0.6) is 0 Å². The lowest BCUT2D eigenvalue weighted by molar-refractivity contribution is 0.0695. The van der Waals surface area contributed by atoms with E-state index in [1.807, 2.05) is 16.8 Å². The minimum absolute atomic E-state index is 0. The Bertz CT molecular complexity index is 499. The van der Waals surface area contributed by atoms with Gasteiger partial charge in [0.05, 0.1) is 11.6 Å². The molecule has 0 fully saturated rings. The zero-order valence-corrected chi connectivity index (χ0v) is 10.5. The van der Waals surface area contributed by atoms with Crippen molar-refractivity contribution in [2.45, 2.75) is 6.04 Å². The van der Waals surface area contributed by atoms with Gasteiger partial charge in [-0.2, -0.15) is 11.3 Å². The molecule has 0 spiro atoms. The molecule has 17 heavy (non-hydrogen) atoms. The maximum absolute atomic E-state index is 11.0. The first-order valence-corrected chi connectivity index (χ1v) is 5.74. The Morgan fingerprint density at radius 1 is 1.29 bits per heavy atom. The normalized spacial score (nSPS) is 11.6. The van der Waals surface area contributed by atoms with E-state index in [0.717, 1.165) is 5.56 Å². The molecule has 0 aliphatic carbocycles. The van der Waals surface area contributed by atoms with Gasteiger partial charge in [0.1, 0.15) is 0 Å². The zero-order valence-electron chi connectivity index (χ0n) is 8.87. The summed E-state index contributed by atoms with van der Waals surface area (Å²) in [5.41, 5.74) is 7.90. The van der Waals surface area contributed by atoms with E-state index >= 15 is 0 Å². The van der Waals surface area contributed by atoms with E-state index in [-0.39, 0.29) is 24.0 Å². The van der Waals surface area contributed by atoms with Crippen molar-refractivity contribution in [3.05, 3.63) is 57.8 Å². The lowest BCUT2D eigenvalue weighted by atomic mass is 9.97. The van der Waals surface area contributed by atoms with Crippen LogP contribution < -0.4 is 5.73 Å². The van der Waals surface area contributed by atoms with Gasteiger partial charge in [0.25, 0.3) is 0 Å². The van der Waals surface area contributed by atoms with Crippen LogP contribution in [0.25, 0.3) is 0 Å². The molecule has 0 saturated heterocycles. The van der Waals surface area contributed by atoms with Crippen molar-refractivity contribution in [1.82, 2.24) is 0 Å². The Morgan fingerprint density at radius 3 is 2.59 bits per heavy atom. The highest BCUT2D eigenvalue weighted by atomic mass is 35.5. The third-order valence-electron chi connectivity index (χ3n) is 2.43. The van der Waals surface area contributed by atoms with Crippen LogP contribution in [-0.4, -0.2) is 11.1 Å². The van der Waals surface area contributed by atoms with E-state index in [2.05, 4.69) is 0 Å². The standard InChI is InChI=1S/C12H11NO2S.ClH/c13-11(8-5-6-16-7-8)9-3-1-2-4-10(9)12(14)15;/h1-7,11H,13H2,(H,14,15);1H/t11-;/m1./s1. The Kier molecular flexibility index (Phi) is 4.69. The van der Waals surface area contributed by atoms with Gasteiger partial charge in [-0.05, 0) is 34.0 Å². The lowest BCUT2D eigenvalue weighted by Gasteiger charge is -2.13. The highest BCUT2D eigenvalue weighted by Gasteiger charge is 2.16. The maximum Gasteiger partial charge on any atom is 0.336 e. The summed E-state index contributed by atoms with van der Waals surface area (Å²) in [6.07, 6.45) is 0. The second-order valence-electron chi connectivity index (χ2n) is 3.43. The van der Waals surface area contributed by atoms with Crippen molar-refractivity contribution in [3.8, 4) is 0 Å². The number of nitrogens with two attached hydrogens (primary N) is 1. The number of carbonyl (C=O) groups is 1. The van der Waals surface area contributed by atoms with Gasteiger partial charge < -0.3 is 10.8 Å². The van der Waals surface area contributed by atoms with Gasteiger partial charge in [0.2, 0.25) is 0 Å². The first-order valence-electron chi connectivity index (χ1n) is 4.80. The lowest BCUT2D eigenvalue weighted by Crippen LogP contribution is -2.15. The fraction of sp³-hybridized carbons (Fsp3) is 0.0833. The molecule has 0 unspecified atom stereocenters. The summed E-state index contributed by atoms with van der Waals surface area (Å²) in [4.78, 5) is 11.0. The Morgan fingerprint density at radius 2 is 2.00 bits per heavy atom. The number of aromatic carboxylic acids is 1. The number of carboxylic acid groups (broad SMARTS) is 1. The number of benzene rings is 1. The van der Waals surface area contributed by atoms with Crippen molar-refractivity contribution < 1.29 is 9.90 Å². The first kappa shape index (κ1) is 13.7. The predicted octanol–water partition coefficient (Wildman–Crippen LogP) is 2.92. The molecule has 3 N–H and O–H groups in total. The fourth-order valence-electron chi connectivity index (χ4n) is 1.59. The number of hydrogen-bond donors (Lipinski definition) is 2. The summed E-state index contributed by atoms with van der Waals surface area (Å²) in [5, 5.41) is 12.9. The largest absolute Gasteiger partial charge is 0.478 e. The van der Waals surface area contributed by atoms with Crippen LogP contribution in [0.15, 0.2) is 41.1 Å². The number of rotatable bonds is 3. The quantitative estimate of drug-likeness (QED) is 0.901. The van der Waals surface area contributed by atoms with Crippen molar-refractivity contribution in [2.75, 3.05) is 0 Å². The number of halogens is 1. The second kappa shape index (κ2) is 5.82. The summed E-state index contributed by atoms with van der Waals surface area (Å²) in [6.45, 7) is 0. The molecule has 3 nitrogen and oxygen atoms in total. The smallest absolute Gasteiger partial charge is 0.336 e. The van der Waals surface area contributed by atoms with Crippen LogP contribution in [0.1, 0.15) is 27.5 Å². The van der Waals surface area contributed by atoms with E-state index in [4.69, 9.17) is 10.8 Å². The molecule has 0 aliphatic heterocycles. The molecule has 1 heterocycles. The minimum Gasteiger partial charge on any atom is -0.478 e. The molecule has 2 rings (SSSR count). The SMILES string of the molecule is Cl.N[C@H](c1ccsc1)c1ccccc1C(=O)O. The molecule has 2 aromatic rings. The molecule has 1 aromatic carbocycles. The van der Waals surface area contributed by atoms with Gasteiger partial charge in [-0.15, -0.1) is 12.4 Å². The van der Waals surface area contributed by atoms with Crippen LogP contribution in [-0.2, 0) is 0 Å². The van der Waals surface area contributed by atoms with Gasteiger partial charge in [0, 0.05) is 0 Å². The van der Waals surface area contributed by atoms with Crippen molar-refractivity contribution in [3.63, 3.8) is 0 Å². The molecular weight excluding hydrogens is 258 g/mol. The summed E-state index contributed by atoms with van der Waals surface area (Å²) in [6, 6.07) is 8.36. The van der Waals surface area contributed by atoms with Crippen molar-refractivity contribution in [1.29, 1.82) is 0 Å². The summed E-state index contributed by atoms with van der Waals surface area (Å²) in [7, 11) is 0. The van der Waals surface area contributed by atoms with Gasteiger partial charge in [-0.25, -0.2) is 4.79 Å². The summed E-state index contributed by atoms with van der Waals surface area (Å²) >= 11 is 1.55. The molecule has 0 amide bonds. The molecule has 0 saturated carbocycles. The van der Waals surface area contributed by atoms with E-state index in [1.54, 1.807) is 35.6 Å². The molecule has 90 valence electrons. The molecule has 0 aliphatic rings.